The van der Waals surface area contributed by atoms with Crippen LogP contribution in [0.4, 0.5) is 8.78 Å². The maximum absolute atomic E-state index is 12.8. The zero-order valence-electron chi connectivity index (χ0n) is 9.34. The Hall–Kier alpha value is -1.00. The number of aliphatic hydroxyl groups is 1. The van der Waals surface area contributed by atoms with Gasteiger partial charge in [0.2, 0.25) is 0 Å². The molecule has 1 atom stereocenters. The molecular weight excluding hydrogens is 212 g/mol. The molecule has 0 saturated heterocycles. The summed E-state index contributed by atoms with van der Waals surface area (Å²) < 4.78 is 25.4. The Labute approximate surface area is 94.3 Å². The van der Waals surface area contributed by atoms with Crippen LogP contribution in [0.1, 0.15) is 25.3 Å². The highest BCUT2D eigenvalue weighted by atomic mass is 19.2. The Bertz CT molecular complexity index is 329. The van der Waals surface area contributed by atoms with Crippen LogP contribution < -0.4 is 5.32 Å². The summed E-state index contributed by atoms with van der Waals surface area (Å²) in [6.45, 7) is 3.01. The average Bonchev–Trinajstić information content (AvgIpc) is 2.22. The molecule has 1 aromatic rings. The second kappa shape index (κ2) is 6.55. The lowest BCUT2D eigenvalue weighted by atomic mass is 10.2. The molecule has 16 heavy (non-hydrogen) atoms. The van der Waals surface area contributed by atoms with Crippen LogP contribution in [0.2, 0.25) is 0 Å². The van der Waals surface area contributed by atoms with Gasteiger partial charge < -0.3 is 10.4 Å². The Balaban J connectivity index is 2.24. The lowest BCUT2D eigenvalue weighted by Gasteiger charge is -2.06. The molecule has 0 heterocycles. The van der Waals surface area contributed by atoms with Crippen LogP contribution in [0.3, 0.4) is 0 Å². The third-order valence-corrected chi connectivity index (χ3v) is 2.29. The van der Waals surface area contributed by atoms with Crippen LogP contribution in [0.15, 0.2) is 18.2 Å². The summed E-state index contributed by atoms with van der Waals surface area (Å²) in [4.78, 5) is 0. The molecule has 1 aromatic carbocycles. The first-order valence-corrected chi connectivity index (χ1v) is 5.42. The van der Waals surface area contributed by atoms with Gasteiger partial charge >= 0.3 is 0 Å². The molecule has 4 heteroatoms. The highest BCUT2D eigenvalue weighted by molar-refractivity contribution is 5.17. The maximum Gasteiger partial charge on any atom is 0.159 e. The first kappa shape index (κ1) is 13.1. The second-order valence-corrected chi connectivity index (χ2v) is 3.92. The monoisotopic (exact) mass is 229 g/mol. The molecule has 0 spiro atoms. The Morgan fingerprint density at radius 1 is 1.31 bits per heavy atom. The third kappa shape index (κ3) is 4.68. The number of hydrogen-bond acceptors (Lipinski definition) is 2. The molecule has 0 aromatic heterocycles. The van der Waals surface area contributed by atoms with Crippen molar-refractivity contribution in [2.45, 2.75) is 32.4 Å². The summed E-state index contributed by atoms with van der Waals surface area (Å²) in [5, 5.41) is 12.1. The lowest BCUT2D eigenvalue weighted by molar-refractivity contribution is 0.181. The number of nitrogens with one attached hydrogen (secondary N) is 1. The van der Waals surface area contributed by atoms with Crippen LogP contribution in [-0.2, 0) is 6.54 Å². The Morgan fingerprint density at radius 2 is 2.06 bits per heavy atom. The van der Waals surface area contributed by atoms with Crippen molar-refractivity contribution in [3.05, 3.63) is 35.4 Å². The van der Waals surface area contributed by atoms with Crippen LogP contribution in [0, 0.1) is 11.6 Å². The second-order valence-electron chi connectivity index (χ2n) is 3.92. The van der Waals surface area contributed by atoms with Crippen molar-refractivity contribution in [2.75, 3.05) is 6.54 Å². The van der Waals surface area contributed by atoms with Crippen molar-refractivity contribution in [3.8, 4) is 0 Å². The van der Waals surface area contributed by atoms with Crippen LogP contribution in [-0.4, -0.2) is 17.8 Å². The normalized spacial score (nSPS) is 12.8. The average molecular weight is 229 g/mol. The van der Waals surface area contributed by atoms with E-state index in [4.69, 9.17) is 5.11 Å². The minimum atomic E-state index is -0.821. The molecule has 0 aliphatic rings. The van der Waals surface area contributed by atoms with Gasteiger partial charge in [0.15, 0.2) is 11.6 Å². The highest BCUT2D eigenvalue weighted by Crippen LogP contribution is 2.08. The molecule has 0 aliphatic carbocycles. The van der Waals surface area contributed by atoms with Gasteiger partial charge in [-0.25, -0.2) is 8.78 Å². The van der Waals surface area contributed by atoms with Crippen molar-refractivity contribution in [3.63, 3.8) is 0 Å². The lowest BCUT2D eigenvalue weighted by Crippen LogP contribution is -2.16. The van der Waals surface area contributed by atoms with Crippen molar-refractivity contribution < 1.29 is 13.9 Å². The first-order valence-electron chi connectivity index (χ1n) is 5.42. The SMILES string of the molecule is CC(O)CCCNCc1ccc(F)c(F)c1. The van der Waals surface area contributed by atoms with Crippen LogP contribution >= 0.6 is 0 Å². The molecule has 0 radical (unpaired) electrons. The zero-order chi connectivity index (χ0) is 12.0. The first-order chi connectivity index (χ1) is 7.59. The molecule has 0 fully saturated rings. The summed E-state index contributed by atoms with van der Waals surface area (Å²) in [6.07, 6.45) is 1.32. The number of benzene rings is 1. The van der Waals surface area contributed by atoms with E-state index in [0.717, 1.165) is 31.0 Å². The van der Waals surface area contributed by atoms with E-state index in [2.05, 4.69) is 5.32 Å². The van der Waals surface area contributed by atoms with Gasteiger partial charge in [0, 0.05) is 6.54 Å². The van der Waals surface area contributed by atoms with Crippen LogP contribution in [0.25, 0.3) is 0 Å². The van der Waals surface area contributed by atoms with Gasteiger partial charge in [-0.1, -0.05) is 6.07 Å². The standard InChI is InChI=1S/C12H17F2NO/c1-9(16)3-2-6-15-8-10-4-5-11(13)12(14)7-10/h4-5,7,9,15-16H,2-3,6,8H2,1H3. The number of aliphatic hydroxyl groups excluding tert-OH is 1. The summed E-state index contributed by atoms with van der Waals surface area (Å²) in [7, 11) is 0. The molecule has 1 rings (SSSR count). The molecule has 2 nitrogen and oxygen atoms in total. The molecule has 0 aliphatic heterocycles. The zero-order valence-corrected chi connectivity index (χ0v) is 9.34. The Morgan fingerprint density at radius 3 is 2.69 bits per heavy atom. The van der Waals surface area contributed by atoms with Crippen molar-refractivity contribution >= 4 is 0 Å². The van der Waals surface area contributed by atoms with Crippen molar-refractivity contribution in [2.24, 2.45) is 0 Å². The summed E-state index contributed by atoms with van der Waals surface area (Å²) in [5.74, 6) is -1.64. The van der Waals surface area contributed by atoms with E-state index in [0.29, 0.717) is 6.54 Å². The van der Waals surface area contributed by atoms with Gasteiger partial charge in [0.1, 0.15) is 0 Å². The van der Waals surface area contributed by atoms with E-state index < -0.39 is 11.6 Å². The minimum Gasteiger partial charge on any atom is -0.393 e. The van der Waals surface area contributed by atoms with Crippen molar-refractivity contribution in [1.29, 1.82) is 0 Å². The highest BCUT2D eigenvalue weighted by Gasteiger charge is 2.02. The number of halogens is 2. The molecule has 0 bridgehead atoms. The largest absolute Gasteiger partial charge is 0.393 e. The quantitative estimate of drug-likeness (QED) is 0.733. The fraction of sp³-hybridized carbons (Fsp3) is 0.500. The van der Waals surface area contributed by atoms with E-state index in [1.165, 1.54) is 6.07 Å². The smallest absolute Gasteiger partial charge is 0.159 e. The Kier molecular flexibility index (Phi) is 5.35. The molecule has 90 valence electrons. The molecule has 2 N–H and O–H groups in total. The fourth-order valence-corrected chi connectivity index (χ4v) is 1.40. The van der Waals surface area contributed by atoms with Gasteiger partial charge in [-0.15, -0.1) is 0 Å². The molecule has 0 saturated carbocycles. The summed E-state index contributed by atoms with van der Waals surface area (Å²) in [6, 6.07) is 3.87. The summed E-state index contributed by atoms with van der Waals surface area (Å²) in [5.41, 5.74) is 0.718. The van der Waals surface area contributed by atoms with E-state index in [9.17, 15) is 8.78 Å². The van der Waals surface area contributed by atoms with Gasteiger partial charge in [-0.3, -0.25) is 0 Å². The van der Waals surface area contributed by atoms with Crippen molar-refractivity contribution in [1.82, 2.24) is 5.32 Å². The third-order valence-electron chi connectivity index (χ3n) is 2.29. The van der Waals surface area contributed by atoms with E-state index in [1.807, 2.05) is 0 Å². The van der Waals surface area contributed by atoms with E-state index >= 15 is 0 Å². The van der Waals surface area contributed by atoms with Gasteiger partial charge in [0.25, 0.3) is 0 Å². The topological polar surface area (TPSA) is 32.3 Å². The molecule has 1 unspecified atom stereocenters. The maximum atomic E-state index is 12.8. The number of rotatable bonds is 6. The minimum absolute atomic E-state index is 0.287. The summed E-state index contributed by atoms with van der Waals surface area (Å²) >= 11 is 0. The molecule has 0 amide bonds. The van der Waals surface area contributed by atoms with E-state index in [1.54, 1.807) is 13.0 Å². The van der Waals surface area contributed by atoms with Crippen LogP contribution in [0.5, 0.6) is 0 Å². The fourth-order valence-electron chi connectivity index (χ4n) is 1.40. The van der Waals surface area contributed by atoms with Gasteiger partial charge in [-0.2, -0.15) is 0 Å². The molecular formula is C12H17F2NO. The van der Waals surface area contributed by atoms with Gasteiger partial charge in [0.05, 0.1) is 6.10 Å². The predicted octanol–water partition coefficient (Wildman–Crippen LogP) is 2.22. The van der Waals surface area contributed by atoms with Gasteiger partial charge in [-0.05, 0) is 44.0 Å². The number of hydrogen-bond donors (Lipinski definition) is 2. The predicted molar refractivity (Wildman–Crippen MR) is 59.0 cm³/mol. The van der Waals surface area contributed by atoms with E-state index in [-0.39, 0.29) is 6.10 Å².